The van der Waals surface area contributed by atoms with Gasteiger partial charge in [0.25, 0.3) is 0 Å². The van der Waals surface area contributed by atoms with Gasteiger partial charge in [0.05, 0.1) is 5.56 Å². The maximum Gasteiger partial charge on any atom is 0.153 e. The molecule has 0 aliphatic heterocycles. The van der Waals surface area contributed by atoms with Crippen LogP contribution in [0, 0.1) is 0 Å². The van der Waals surface area contributed by atoms with E-state index in [1.807, 2.05) is 42.5 Å². The smallest absolute Gasteiger partial charge is 0.153 e. The fourth-order valence-electron chi connectivity index (χ4n) is 1.96. The molecule has 0 atom stereocenters. The fraction of sp³-hybridized carbons (Fsp3) is 0.235. The van der Waals surface area contributed by atoms with Crippen molar-refractivity contribution in [3.8, 4) is 11.5 Å². The number of benzene rings is 2. The van der Waals surface area contributed by atoms with Crippen molar-refractivity contribution in [3.05, 3.63) is 59.7 Å². The number of para-hydroxylation sites is 2. The second kappa shape index (κ2) is 5.27. The van der Waals surface area contributed by atoms with Crippen LogP contribution in [0.1, 0.15) is 36.7 Å². The van der Waals surface area contributed by atoms with Gasteiger partial charge in [0.15, 0.2) is 6.29 Å². The van der Waals surface area contributed by atoms with Gasteiger partial charge in [-0.2, -0.15) is 0 Å². The highest BCUT2D eigenvalue weighted by Gasteiger charge is 2.21. The van der Waals surface area contributed by atoms with Crippen LogP contribution >= 0.6 is 0 Å². The van der Waals surface area contributed by atoms with E-state index in [0.29, 0.717) is 11.3 Å². The van der Waals surface area contributed by atoms with Gasteiger partial charge in [-0.1, -0.05) is 51.1 Å². The predicted molar refractivity (Wildman–Crippen MR) is 77.0 cm³/mol. The number of hydrogen-bond donors (Lipinski definition) is 0. The Morgan fingerprint density at radius 3 is 2.21 bits per heavy atom. The Morgan fingerprint density at radius 1 is 0.947 bits per heavy atom. The van der Waals surface area contributed by atoms with Crippen LogP contribution in [-0.4, -0.2) is 6.29 Å². The van der Waals surface area contributed by atoms with Crippen molar-refractivity contribution in [2.24, 2.45) is 0 Å². The van der Waals surface area contributed by atoms with E-state index in [0.717, 1.165) is 17.6 Å². The van der Waals surface area contributed by atoms with Crippen LogP contribution in [0.4, 0.5) is 0 Å². The monoisotopic (exact) mass is 254 g/mol. The third-order valence-corrected chi connectivity index (χ3v) is 2.94. The first-order chi connectivity index (χ1) is 9.02. The minimum atomic E-state index is -0.0802. The van der Waals surface area contributed by atoms with E-state index in [1.165, 1.54) is 0 Å². The zero-order valence-electron chi connectivity index (χ0n) is 11.5. The first kappa shape index (κ1) is 13.3. The van der Waals surface area contributed by atoms with Gasteiger partial charge >= 0.3 is 0 Å². The maximum absolute atomic E-state index is 11.2. The number of carbonyl (C=O) groups excluding carboxylic acids is 1. The molecular weight excluding hydrogens is 236 g/mol. The molecule has 0 saturated carbocycles. The molecule has 19 heavy (non-hydrogen) atoms. The molecular formula is C17H18O2. The molecule has 2 nitrogen and oxygen atoms in total. The largest absolute Gasteiger partial charge is 0.456 e. The van der Waals surface area contributed by atoms with E-state index >= 15 is 0 Å². The summed E-state index contributed by atoms with van der Waals surface area (Å²) in [5.74, 6) is 1.39. The summed E-state index contributed by atoms with van der Waals surface area (Å²) in [7, 11) is 0. The van der Waals surface area contributed by atoms with Crippen molar-refractivity contribution in [1.82, 2.24) is 0 Å². The summed E-state index contributed by atoms with van der Waals surface area (Å²) < 4.78 is 5.93. The molecule has 0 spiro atoms. The van der Waals surface area contributed by atoms with Crippen molar-refractivity contribution < 1.29 is 9.53 Å². The highest BCUT2D eigenvalue weighted by atomic mass is 16.5. The molecule has 0 saturated heterocycles. The van der Waals surface area contributed by atoms with Gasteiger partial charge in [-0.05, 0) is 23.6 Å². The lowest BCUT2D eigenvalue weighted by Gasteiger charge is -2.23. The van der Waals surface area contributed by atoms with Crippen LogP contribution in [0.3, 0.4) is 0 Å². The first-order valence-electron chi connectivity index (χ1n) is 6.34. The molecule has 0 N–H and O–H groups in total. The lowest BCUT2D eigenvalue weighted by atomic mass is 9.85. The predicted octanol–water partition coefficient (Wildman–Crippen LogP) is 4.59. The van der Waals surface area contributed by atoms with E-state index < -0.39 is 0 Å². The van der Waals surface area contributed by atoms with Gasteiger partial charge in [0, 0.05) is 5.56 Å². The van der Waals surface area contributed by atoms with Crippen molar-refractivity contribution in [1.29, 1.82) is 0 Å². The molecule has 0 amide bonds. The van der Waals surface area contributed by atoms with E-state index in [2.05, 4.69) is 20.8 Å². The summed E-state index contributed by atoms with van der Waals surface area (Å²) in [5.41, 5.74) is 1.53. The van der Waals surface area contributed by atoms with Crippen molar-refractivity contribution in [2.45, 2.75) is 26.2 Å². The van der Waals surface area contributed by atoms with E-state index in [1.54, 1.807) is 6.07 Å². The Kier molecular flexibility index (Phi) is 3.70. The second-order valence-electron chi connectivity index (χ2n) is 5.51. The minimum Gasteiger partial charge on any atom is -0.456 e. The highest BCUT2D eigenvalue weighted by Crippen LogP contribution is 2.36. The number of hydrogen-bond acceptors (Lipinski definition) is 2. The van der Waals surface area contributed by atoms with E-state index in [9.17, 15) is 4.79 Å². The second-order valence-corrected chi connectivity index (χ2v) is 5.51. The summed E-state index contributed by atoms with van der Waals surface area (Å²) in [5, 5.41) is 0. The number of carbonyl (C=O) groups is 1. The molecule has 98 valence electrons. The van der Waals surface area contributed by atoms with E-state index in [-0.39, 0.29) is 5.41 Å². The number of ether oxygens (including phenoxy) is 1. The lowest BCUT2D eigenvalue weighted by molar-refractivity contribution is 0.112. The Hall–Kier alpha value is -2.09. The van der Waals surface area contributed by atoms with Crippen LogP contribution in [0.25, 0.3) is 0 Å². The van der Waals surface area contributed by atoms with Crippen molar-refractivity contribution in [3.63, 3.8) is 0 Å². The quantitative estimate of drug-likeness (QED) is 0.749. The van der Waals surface area contributed by atoms with Gasteiger partial charge in [0.2, 0.25) is 0 Å². The zero-order chi connectivity index (χ0) is 13.9. The molecule has 0 fully saturated rings. The van der Waals surface area contributed by atoms with Crippen LogP contribution in [-0.2, 0) is 5.41 Å². The van der Waals surface area contributed by atoms with Gasteiger partial charge in [-0.25, -0.2) is 0 Å². The van der Waals surface area contributed by atoms with Crippen LogP contribution in [0.15, 0.2) is 48.5 Å². The molecule has 0 aromatic heterocycles. The number of aldehydes is 1. The average molecular weight is 254 g/mol. The summed E-state index contributed by atoms with van der Waals surface area (Å²) >= 11 is 0. The molecule has 2 aromatic carbocycles. The highest BCUT2D eigenvalue weighted by molar-refractivity contribution is 5.80. The van der Waals surface area contributed by atoms with Gasteiger partial charge in [-0.3, -0.25) is 4.79 Å². The topological polar surface area (TPSA) is 26.3 Å². The normalized spacial score (nSPS) is 11.1. The fourth-order valence-corrected chi connectivity index (χ4v) is 1.96. The minimum absolute atomic E-state index is 0.0802. The molecule has 2 aromatic rings. The SMILES string of the molecule is CC(C)(C)c1cccc(C=O)c1Oc1ccccc1. The summed E-state index contributed by atoms with van der Waals surface area (Å²) in [6.45, 7) is 6.32. The van der Waals surface area contributed by atoms with Crippen molar-refractivity contribution >= 4 is 6.29 Å². The average Bonchev–Trinajstić information content (AvgIpc) is 2.39. The third-order valence-electron chi connectivity index (χ3n) is 2.94. The molecule has 0 heterocycles. The Bertz CT molecular complexity index is 566. The molecule has 2 heteroatoms. The van der Waals surface area contributed by atoms with Crippen LogP contribution in [0.2, 0.25) is 0 Å². The maximum atomic E-state index is 11.2. The number of rotatable bonds is 3. The van der Waals surface area contributed by atoms with Gasteiger partial charge < -0.3 is 4.74 Å². The molecule has 0 unspecified atom stereocenters. The molecule has 2 rings (SSSR count). The van der Waals surface area contributed by atoms with Gasteiger partial charge in [0.1, 0.15) is 11.5 Å². The molecule has 0 radical (unpaired) electrons. The van der Waals surface area contributed by atoms with Crippen LogP contribution in [0.5, 0.6) is 11.5 Å². The Labute approximate surface area is 114 Å². The summed E-state index contributed by atoms with van der Waals surface area (Å²) in [6, 6.07) is 15.2. The molecule has 0 aliphatic carbocycles. The van der Waals surface area contributed by atoms with Gasteiger partial charge in [-0.15, -0.1) is 0 Å². The first-order valence-corrected chi connectivity index (χ1v) is 6.34. The lowest BCUT2D eigenvalue weighted by Crippen LogP contribution is -2.13. The van der Waals surface area contributed by atoms with Crippen molar-refractivity contribution in [2.75, 3.05) is 0 Å². The Morgan fingerprint density at radius 2 is 1.63 bits per heavy atom. The van der Waals surface area contributed by atoms with Crippen LogP contribution < -0.4 is 4.74 Å². The standard InChI is InChI=1S/C17H18O2/c1-17(2,3)15-11-7-8-13(12-18)16(15)19-14-9-5-4-6-10-14/h4-12H,1-3H3. The summed E-state index contributed by atoms with van der Waals surface area (Å²) in [6.07, 6.45) is 0.841. The third kappa shape index (κ3) is 3.02. The Balaban J connectivity index is 2.51. The molecule has 0 bridgehead atoms. The molecule has 0 aliphatic rings. The zero-order valence-corrected chi connectivity index (χ0v) is 11.5. The summed E-state index contributed by atoms with van der Waals surface area (Å²) in [4.78, 5) is 11.2. The van der Waals surface area contributed by atoms with E-state index in [4.69, 9.17) is 4.74 Å².